The van der Waals surface area contributed by atoms with Gasteiger partial charge < -0.3 is 19.1 Å². The fraction of sp³-hybridized carbons (Fsp3) is 0.500. The lowest BCUT2D eigenvalue weighted by atomic mass is 10.00. The van der Waals surface area contributed by atoms with E-state index in [0.717, 1.165) is 12.0 Å². The molecule has 2 aromatic rings. The quantitative estimate of drug-likeness (QED) is 0.230. The molecule has 1 N–H and O–H groups in total. The van der Waals surface area contributed by atoms with Crippen molar-refractivity contribution in [2.75, 3.05) is 19.6 Å². The van der Waals surface area contributed by atoms with Crippen LogP contribution in [0.1, 0.15) is 46.5 Å². The predicted molar refractivity (Wildman–Crippen MR) is 162 cm³/mol. The van der Waals surface area contributed by atoms with E-state index in [0.29, 0.717) is 37.2 Å². The summed E-state index contributed by atoms with van der Waals surface area (Å²) in [7, 11) is -2.10. The number of para-hydroxylation sites is 2. The Kier molecular flexibility index (Phi) is 10.9. The number of carbonyl (C=O) groups is 2. The maximum atomic E-state index is 13.9. The topological polar surface area (TPSA) is 174 Å². The van der Waals surface area contributed by atoms with Crippen molar-refractivity contribution in [3.8, 4) is 0 Å². The number of nitrogens with one attached hydrogen (secondary N) is 1. The highest BCUT2D eigenvalue weighted by Gasteiger charge is 2.40. The number of hydrogen-bond acceptors (Lipinski definition) is 10. The van der Waals surface area contributed by atoms with E-state index in [1.807, 2.05) is 0 Å². The van der Waals surface area contributed by atoms with Crippen molar-refractivity contribution >= 4 is 46.4 Å². The fourth-order valence-corrected chi connectivity index (χ4v) is 7.20. The van der Waals surface area contributed by atoms with Crippen molar-refractivity contribution in [1.29, 1.82) is 0 Å². The van der Waals surface area contributed by atoms with Gasteiger partial charge in [-0.05, 0) is 58.6 Å². The summed E-state index contributed by atoms with van der Waals surface area (Å²) in [5.41, 5.74) is -1.08. The van der Waals surface area contributed by atoms with Crippen LogP contribution in [0, 0.1) is 20.2 Å². The van der Waals surface area contributed by atoms with Crippen LogP contribution < -0.4 is 5.32 Å². The van der Waals surface area contributed by atoms with E-state index in [1.165, 1.54) is 34.6 Å². The lowest BCUT2D eigenvalue weighted by Gasteiger charge is -2.38. The molecule has 2 aliphatic heterocycles. The van der Waals surface area contributed by atoms with Crippen LogP contribution in [0.5, 0.6) is 0 Å². The summed E-state index contributed by atoms with van der Waals surface area (Å²) < 4.78 is 26.6. The first-order chi connectivity index (χ1) is 20.8. The van der Waals surface area contributed by atoms with E-state index in [4.69, 9.17) is 8.92 Å². The SMILES string of the molecule is CC(C)(C)OC(=O)N1CCC(NC(=O)[C@@H]2CC[C@H](OSc3ccccc3[N+](=O)[O-])CN2S(=O)c2ccccc2[N+](=O)[O-])CC1. The molecule has 4 rings (SSSR count). The van der Waals surface area contributed by atoms with Crippen LogP contribution in [0.3, 0.4) is 0 Å². The lowest BCUT2D eigenvalue weighted by molar-refractivity contribution is -0.388. The summed E-state index contributed by atoms with van der Waals surface area (Å²) in [5, 5.41) is 26.1. The molecule has 0 saturated carbocycles. The smallest absolute Gasteiger partial charge is 0.410 e. The Labute approximate surface area is 261 Å². The number of nitro benzene ring substituents is 2. The van der Waals surface area contributed by atoms with Gasteiger partial charge in [-0.15, -0.1) is 0 Å². The highest BCUT2D eigenvalue weighted by Crippen LogP contribution is 2.34. The van der Waals surface area contributed by atoms with Gasteiger partial charge in [-0.2, -0.15) is 0 Å². The largest absolute Gasteiger partial charge is 0.444 e. The van der Waals surface area contributed by atoms with E-state index in [-0.39, 0.29) is 41.2 Å². The first-order valence-corrected chi connectivity index (χ1v) is 16.0. The molecule has 44 heavy (non-hydrogen) atoms. The van der Waals surface area contributed by atoms with E-state index >= 15 is 0 Å². The third kappa shape index (κ3) is 8.52. The molecule has 238 valence electrons. The van der Waals surface area contributed by atoms with Gasteiger partial charge in [0, 0.05) is 49.9 Å². The zero-order valence-electron chi connectivity index (χ0n) is 24.6. The van der Waals surface area contributed by atoms with Crippen LogP contribution in [0.4, 0.5) is 16.2 Å². The summed E-state index contributed by atoms with van der Waals surface area (Å²) in [6.45, 7) is 6.16. The fourth-order valence-electron chi connectivity index (χ4n) is 4.94. The van der Waals surface area contributed by atoms with E-state index < -0.39 is 44.7 Å². The number of rotatable bonds is 9. The van der Waals surface area contributed by atoms with E-state index in [9.17, 15) is 34.0 Å². The molecule has 0 aromatic heterocycles. The number of amides is 2. The second kappa shape index (κ2) is 14.5. The number of carbonyl (C=O) groups excluding carboxylic acids is 2. The maximum absolute atomic E-state index is 13.9. The van der Waals surface area contributed by atoms with Crippen LogP contribution in [0.2, 0.25) is 0 Å². The van der Waals surface area contributed by atoms with E-state index in [2.05, 4.69) is 5.32 Å². The summed E-state index contributed by atoms with van der Waals surface area (Å²) in [6.07, 6.45) is 0.634. The zero-order chi connectivity index (χ0) is 32.0. The highest BCUT2D eigenvalue weighted by molar-refractivity contribution is 7.94. The van der Waals surface area contributed by atoms with Gasteiger partial charge in [0.25, 0.3) is 11.4 Å². The molecule has 3 atom stereocenters. The van der Waals surface area contributed by atoms with Crippen molar-refractivity contribution in [2.24, 2.45) is 0 Å². The first-order valence-electron chi connectivity index (χ1n) is 14.1. The molecule has 1 unspecified atom stereocenters. The number of ether oxygens (including phenoxy) is 1. The Hall–Kier alpha value is -3.60. The molecule has 2 heterocycles. The monoisotopic (exact) mass is 649 g/mol. The zero-order valence-corrected chi connectivity index (χ0v) is 26.2. The molecule has 2 aliphatic rings. The molecule has 2 amide bonds. The van der Waals surface area contributed by atoms with Crippen LogP contribution in [0.25, 0.3) is 0 Å². The second-order valence-corrected chi connectivity index (χ2v) is 13.6. The molecule has 0 aliphatic carbocycles. The van der Waals surface area contributed by atoms with Gasteiger partial charge in [0.15, 0.2) is 0 Å². The van der Waals surface area contributed by atoms with Crippen molar-refractivity contribution in [3.63, 3.8) is 0 Å². The van der Waals surface area contributed by atoms with Gasteiger partial charge in [0.1, 0.15) is 32.4 Å². The number of likely N-dealkylation sites (tertiary alicyclic amines) is 1. The molecule has 14 nitrogen and oxygen atoms in total. The Balaban J connectivity index is 1.47. The molecular formula is C28H35N5O9S2. The summed E-state index contributed by atoms with van der Waals surface area (Å²) in [6, 6.07) is 10.7. The minimum Gasteiger partial charge on any atom is -0.444 e. The number of nitrogens with zero attached hydrogens (tertiary/aromatic N) is 4. The van der Waals surface area contributed by atoms with Gasteiger partial charge >= 0.3 is 6.09 Å². The van der Waals surface area contributed by atoms with Crippen molar-refractivity contribution < 1.29 is 32.6 Å². The van der Waals surface area contributed by atoms with Crippen molar-refractivity contribution in [1.82, 2.24) is 14.5 Å². The molecule has 16 heteroatoms. The van der Waals surface area contributed by atoms with Gasteiger partial charge in [-0.1, -0.05) is 24.3 Å². The Bertz CT molecular complexity index is 1410. The Morgan fingerprint density at radius 2 is 1.57 bits per heavy atom. The Morgan fingerprint density at radius 1 is 0.955 bits per heavy atom. The number of piperidine rings is 2. The van der Waals surface area contributed by atoms with E-state index in [1.54, 1.807) is 43.9 Å². The summed E-state index contributed by atoms with van der Waals surface area (Å²) in [5.74, 6) is -0.377. The van der Waals surface area contributed by atoms with Crippen LogP contribution >= 0.6 is 12.0 Å². The number of nitro groups is 2. The van der Waals surface area contributed by atoms with Crippen molar-refractivity contribution in [2.45, 2.75) is 80.0 Å². The standard InChI is InChI=1S/C28H35N5O9S2/c1-28(2,3)41-27(35)30-16-14-19(15-17-30)29-26(34)23-13-12-20(42-43-24-10-6-4-8-21(24)32(36)37)18-31(23)44(40)25-11-7-5-9-22(25)33(38)39/h4-11,19-20,23H,12-18H2,1-3H3,(H,29,34)/t20-,23-,44?/m0/s1. The number of benzene rings is 2. The summed E-state index contributed by atoms with van der Waals surface area (Å²) >= 11 is 0.825. The van der Waals surface area contributed by atoms with Crippen LogP contribution in [-0.2, 0) is 24.7 Å². The molecule has 0 radical (unpaired) electrons. The molecule has 0 spiro atoms. The molecule has 2 saturated heterocycles. The average Bonchev–Trinajstić information content (AvgIpc) is 2.99. The van der Waals surface area contributed by atoms with Gasteiger partial charge in [0.05, 0.1) is 16.0 Å². The molecule has 2 aromatic carbocycles. The van der Waals surface area contributed by atoms with Gasteiger partial charge in [-0.3, -0.25) is 25.0 Å². The molecule has 0 bridgehead atoms. The number of hydrogen-bond donors (Lipinski definition) is 1. The second-order valence-electron chi connectivity index (χ2n) is 11.4. The van der Waals surface area contributed by atoms with Gasteiger partial charge in [0.2, 0.25) is 5.91 Å². The molecule has 2 fully saturated rings. The minimum absolute atomic E-state index is 0.0124. The van der Waals surface area contributed by atoms with Crippen molar-refractivity contribution in [3.05, 3.63) is 68.8 Å². The Morgan fingerprint density at radius 3 is 2.20 bits per heavy atom. The van der Waals surface area contributed by atoms with Crippen LogP contribution in [-0.4, -0.2) is 78.7 Å². The third-order valence-corrected chi connectivity index (χ3v) is 9.53. The third-order valence-electron chi connectivity index (χ3n) is 7.09. The predicted octanol–water partition coefficient (Wildman–Crippen LogP) is 4.60. The normalized spacial score (nSPS) is 20.5. The highest BCUT2D eigenvalue weighted by atomic mass is 32.2. The first kappa shape index (κ1) is 33.3. The lowest BCUT2D eigenvalue weighted by Crippen LogP contribution is -2.56. The summed E-state index contributed by atoms with van der Waals surface area (Å²) in [4.78, 5) is 49.8. The average molecular weight is 650 g/mol. The van der Waals surface area contributed by atoms with Crippen LogP contribution in [0.15, 0.2) is 58.3 Å². The maximum Gasteiger partial charge on any atom is 0.410 e. The minimum atomic E-state index is -2.10. The molecular weight excluding hydrogens is 614 g/mol. The van der Waals surface area contributed by atoms with Gasteiger partial charge in [-0.25, -0.2) is 13.3 Å².